The van der Waals surface area contributed by atoms with Gasteiger partial charge in [-0.05, 0) is 35.0 Å². The molecular weight excluding hydrogens is 346 g/mol. The van der Waals surface area contributed by atoms with Crippen LogP contribution in [0.5, 0.6) is 0 Å². The molecule has 0 aliphatic carbocycles. The van der Waals surface area contributed by atoms with Gasteiger partial charge in [-0.3, -0.25) is 4.79 Å². The highest BCUT2D eigenvalue weighted by molar-refractivity contribution is 9.10. The van der Waals surface area contributed by atoms with Gasteiger partial charge in [-0.25, -0.2) is 14.8 Å². The summed E-state index contributed by atoms with van der Waals surface area (Å²) in [6.45, 7) is 1.82. The molecule has 2 N–H and O–H groups in total. The molecule has 0 aliphatic rings. The molecule has 1 amide bonds. The standard InChI is InChI=1S/C12H10BrN3O3S/c1-6-10(12(18)19)20-9(16-6)5-15-11(17)7-2-3-8(13)14-4-7/h2-4H,5H2,1H3,(H,15,17)(H,18,19). The maximum atomic E-state index is 11.8. The summed E-state index contributed by atoms with van der Waals surface area (Å²) >= 11 is 4.25. The highest BCUT2D eigenvalue weighted by Crippen LogP contribution is 2.17. The number of pyridine rings is 1. The molecular formula is C12H10BrN3O3S. The van der Waals surface area contributed by atoms with Crippen molar-refractivity contribution in [1.82, 2.24) is 15.3 Å². The largest absolute Gasteiger partial charge is 0.477 e. The van der Waals surface area contributed by atoms with E-state index in [1.165, 1.54) is 6.20 Å². The molecule has 0 unspecified atom stereocenters. The number of aryl methyl sites for hydroxylation is 1. The van der Waals surface area contributed by atoms with E-state index in [4.69, 9.17) is 5.11 Å². The van der Waals surface area contributed by atoms with Crippen LogP contribution in [0.3, 0.4) is 0 Å². The predicted octanol–water partition coefficient (Wildman–Crippen LogP) is 2.24. The monoisotopic (exact) mass is 355 g/mol. The molecule has 0 saturated heterocycles. The molecule has 0 fully saturated rings. The van der Waals surface area contributed by atoms with Crippen LogP contribution in [0.4, 0.5) is 0 Å². The number of halogens is 1. The van der Waals surface area contributed by atoms with Gasteiger partial charge in [0.15, 0.2) is 0 Å². The highest BCUT2D eigenvalue weighted by atomic mass is 79.9. The first-order valence-corrected chi connectivity index (χ1v) is 7.17. The Morgan fingerprint density at radius 3 is 2.75 bits per heavy atom. The quantitative estimate of drug-likeness (QED) is 0.820. The molecule has 2 aromatic rings. The predicted molar refractivity (Wildman–Crippen MR) is 76.9 cm³/mol. The summed E-state index contributed by atoms with van der Waals surface area (Å²) in [7, 11) is 0. The lowest BCUT2D eigenvalue weighted by Gasteiger charge is -2.02. The summed E-state index contributed by atoms with van der Waals surface area (Å²) in [4.78, 5) is 31.0. The van der Waals surface area contributed by atoms with Crippen LogP contribution in [-0.2, 0) is 6.54 Å². The molecule has 104 valence electrons. The lowest BCUT2D eigenvalue weighted by Crippen LogP contribution is -2.22. The smallest absolute Gasteiger partial charge is 0.347 e. The Kier molecular flexibility index (Phi) is 4.46. The second kappa shape index (κ2) is 6.10. The molecule has 6 nitrogen and oxygen atoms in total. The number of aromatic carboxylic acids is 1. The van der Waals surface area contributed by atoms with Crippen LogP contribution in [0, 0.1) is 6.92 Å². The third kappa shape index (κ3) is 3.40. The van der Waals surface area contributed by atoms with E-state index in [9.17, 15) is 9.59 Å². The second-order valence-electron chi connectivity index (χ2n) is 3.88. The van der Waals surface area contributed by atoms with Gasteiger partial charge in [0.1, 0.15) is 14.5 Å². The third-order valence-electron chi connectivity index (χ3n) is 2.42. The molecule has 0 atom stereocenters. The van der Waals surface area contributed by atoms with E-state index in [1.807, 2.05) is 0 Å². The zero-order chi connectivity index (χ0) is 14.7. The molecule has 0 bridgehead atoms. The summed E-state index contributed by atoms with van der Waals surface area (Å²) in [6, 6.07) is 3.31. The van der Waals surface area contributed by atoms with Crippen molar-refractivity contribution in [3.8, 4) is 0 Å². The van der Waals surface area contributed by atoms with Crippen LogP contribution in [0.25, 0.3) is 0 Å². The number of hydrogen-bond donors (Lipinski definition) is 2. The first-order chi connectivity index (χ1) is 9.47. The Morgan fingerprint density at radius 1 is 1.45 bits per heavy atom. The number of carbonyl (C=O) groups is 2. The molecule has 0 spiro atoms. The molecule has 0 aliphatic heterocycles. The Bertz CT molecular complexity index is 654. The van der Waals surface area contributed by atoms with Crippen molar-refractivity contribution in [2.75, 3.05) is 0 Å². The lowest BCUT2D eigenvalue weighted by atomic mass is 10.3. The number of nitrogens with one attached hydrogen (secondary N) is 1. The van der Waals surface area contributed by atoms with Crippen molar-refractivity contribution in [2.45, 2.75) is 13.5 Å². The minimum atomic E-state index is -1.00. The van der Waals surface area contributed by atoms with Gasteiger partial charge in [-0.2, -0.15) is 0 Å². The minimum Gasteiger partial charge on any atom is -0.477 e. The number of aromatic nitrogens is 2. The van der Waals surface area contributed by atoms with Gasteiger partial charge in [-0.1, -0.05) is 0 Å². The van der Waals surface area contributed by atoms with E-state index >= 15 is 0 Å². The van der Waals surface area contributed by atoms with Crippen LogP contribution >= 0.6 is 27.3 Å². The van der Waals surface area contributed by atoms with E-state index < -0.39 is 5.97 Å². The fourth-order valence-electron chi connectivity index (χ4n) is 1.49. The lowest BCUT2D eigenvalue weighted by molar-refractivity contribution is 0.0701. The molecule has 2 aromatic heterocycles. The van der Waals surface area contributed by atoms with Crippen LogP contribution in [0.15, 0.2) is 22.9 Å². The Balaban J connectivity index is 2.01. The Labute approximate surface area is 127 Å². The summed E-state index contributed by atoms with van der Waals surface area (Å²) in [5, 5.41) is 12.2. The van der Waals surface area contributed by atoms with Crippen molar-refractivity contribution in [2.24, 2.45) is 0 Å². The van der Waals surface area contributed by atoms with E-state index in [0.29, 0.717) is 20.9 Å². The number of carbonyl (C=O) groups excluding carboxylic acids is 1. The number of amides is 1. The maximum Gasteiger partial charge on any atom is 0.347 e. The van der Waals surface area contributed by atoms with E-state index in [1.54, 1.807) is 19.1 Å². The van der Waals surface area contributed by atoms with E-state index in [0.717, 1.165) is 11.3 Å². The van der Waals surface area contributed by atoms with Crippen LogP contribution in [0.1, 0.15) is 30.7 Å². The molecule has 8 heteroatoms. The van der Waals surface area contributed by atoms with Crippen molar-refractivity contribution in [3.05, 3.63) is 44.1 Å². The number of thiazole rings is 1. The fourth-order valence-corrected chi connectivity index (χ4v) is 2.57. The Hall–Kier alpha value is -1.80. The molecule has 0 saturated carbocycles. The Morgan fingerprint density at radius 2 is 2.20 bits per heavy atom. The number of carboxylic acids is 1. The fraction of sp³-hybridized carbons (Fsp3) is 0.167. The first kappa shape index (κ1) is 14.6. The molecule has 2 heterocycles. The van der Waals surface area contributed by atoms with Gasteiger partial charge in [0.25, 0.3) is 5.91 Å². The number of rotatable bonds is 4. The van der Waals surface area contributed by atoms with Crippen molar-refractivity contribution in [3.63, 3.8) is 0 Å². The average Bonchev–Trinajstić information content (AvgIpc) is 2.78. The summed E-state index contributed by atoms with van der Waals surface area (Å²) in [5.74, 6) is -1.29. The topological polar surface area (TPSA) is 92.2 Å². The van der Waals surface area contributed by atoms with Gasteiger partial charge in [0, 0.05) is 6.20 Å². The van der Waals surface area contributed by atoms with Gasteiger partial charge in [0.2, 0.25) is 0 Å². The van der Waals surface area contributed by atoms with Crippen LogP contribution < -0.4 is 5.32 Å². The van der Waals surface area contributed by atoms with Gasteiger partial charge < -0.3 is 10.4 Å². The molecule has 0 aromatic carbocycles. The van der Waals surface area contributed by atoms with Crippen molar-refractivity contribution >= 4 is 39.1 Å². The third-order valence-corrected chi connectivity index (χ3v) is 4.04. The average molecular weight is 356 g/mol. The molecule has 20 heavy (non-hydrogen) atoms. The highest BCUT2D eigenvalue weighted by Gasteiger charge is 2.14. The van der Waals surface area contributed by atoms with Gasteiger partial charge >= 0.3 is 5.97 Å². The zero-order valence-electron chi connectivity index (χ0n) is 10.4. The number of carboxylic acid groups (broad SMARTS) is 1. The maximum absolute atomic E-state index is 11.8. The zero-order valence-corrected chi connectivity index (χ0v) is 12.8. The van der Waals surface area contributed by atoms with Gasteiger partial charge in [0.05, 0.1) is 17.8 Å². The number of nitrogens with zero attached hydrogens (tertiary/aromatic N) is 2. The van der Waals surface area contributed by atoms with Gasteiger partial charge in [-0.15, -0.1) is 11.3 Å². The van der Waals surface area contributed by atoms with E-state index in [2.05, 4.69) is 31.2 Å². The summed E-state index contributed by atoms with van der Waals surface area (Å²) in [6.07, 6.45) is 1.45. The normalized spacial score (nSPS) is 10.3. The van der Waals surface area contributed by atoms with Crippen molar-refractivity contribution < 1.29 is 14.7 Å². The first-order valence-electron chi connectivity index (χ1n) is 5.56. The molecule has 2 rings (SSSR count). The van der Waals surface area contributed by atoms with E-state index in [-0.39, 0.29) is 17.3 Å². The summed E-state index contributed by atoms with van der Waals surface area (Å²) in [5.41, 5.74) is 0.886. The second-order valence-corrected chi connectivity index (χ2v) is 5.78. The van der Waals surface area contributed by atoms with Crippen molar-refractivity contribution in [1.29, 1.82) is 0 Å². The van der Waals surface area contributed by atoms with Crippen LogP contribution in [0.2, 0.25) is 0 Å². The minimum absolute atomic E-state index is 0.188. The molecule has 0 radical (unpaired) electrons. The summed E-state index contributed by atoms with van der Waals surface area (Å²) < 4.78 is 0.649. The van der Waals surface area contributed by atoms with Crippen LogP contribution in [-0.4, -0.2) is 27.0 Å². The number of hydrogen-bond acceptors (Lipinski definition) is 5. The SMILES string of the molecule is Cc1nc(CNC(=O)c2ccc(Br)nc2)sc1C(=O)O.